The van der Waals surface area contributed by atoms with E-state index in [9.17, 15) is 0 Å². The number of hydrogen-bond donors (Lipinski definition) is 3. The summed E-state index contributed by atoms with van der Waals surface area (Å²) in [6, 6.07) is 0. The summed E-state index contributed by atoms with van der Waals surface area (Å²) in [5, 5.41) is 26.0. The van der Waals surface area contributed by atoms with Crippen molar-refractivity contribution in [1.82, 2.24) is 0 Å². The predicted molar refractivity (Wildman–Crippen MR) is 79.2 cm³/mol. The summed E-state index contributed by atoms with van der Waals surface area (Å²) in [6.07, 6.45) is 6.43. The van der Waals surface area contributed by atoms with Crippen LogP contribution in [0, 0.1) is 5.41 Å². The summed E-state index contributed by atoms with van der Waals surface area (Å²) in [4.78, 5) is 0. The minimum atomic E-state index is -0.667. The predicted octanol–water partition coefficient (Wildman–Crippen LogP) is 2.49. The molecule has 0 aliphatic rings. The van der Waals surface area contributed by atoms with E-state index in [-0.39, 0.29) is 41.0 Å². The molecule has 0 aliphatic carbocycles. The van der Waals surface area contributed by atoms with Gasteiger partial charge in [0.15, 0.2) is 0 Å². The van der Waals surface area contributed by atoms with Crippen LogP contribution in [0.3, 0.4) is 0 Å². The van der Waals surface area contributed by atoms with Gasteiger partial charge >= 0.3 is 69.5 Å². The van der Waals surface area contributed by atoms with Crippen molar-refractivity contribution in [3.63, 3.8) is 0 Å². The molecule has 2 radical (unpaired) electrons. The van der Waals surface area contributed by atoms with Crippen molar-refractivity contribution in [1.29, 1.82) is 0 Å². The van der Waals surface area contributed by atoms with Gasteiger partial charge < -0.3 is 15.3 Å². The normalized spacial score (nSPS) is 11.0. The van der Waals surface area contributed by atoms with Crippen LogP contribution in [-0.2, 0) is 0 Å². The molecule has 110 valence electrons. The van der Waals surface area contributed by atoms with E-state index in [1.165, 1.54) is 25.7 Å². The number of aliphatic hydroxyl groups is 3. The molecule has 0 aliphatic heterocycles. The van der Waals surface area contributed by atoms with Crippen LogP contribution in [-0.4, -0.2) is 56.3 Å². The molecular formula is C14H32O3Sn. The second-order valence-electron chi connectivity index (χ2n) is 4.79. The molecule has 3 nitrogen and oxygen atoms in total. The van der Waals surface area contributed by atoms with Crippen LogP contribution in [0.25, 0.3) is 0 Å². The van der Waals surface area contributed by atoms with Crippen LogP contribution in [0.15, 0.2) is 0 Å². The number of hydrogen-bond acceptors (Lipinski definition) is 3. The molecular weight excluding hydrogens is 335 g/mol. The van der Waals surface area contributed by atoms with Crippen molar-refractivity contribution < 1.29 is 15.3 Å². The van der Waals surface area contributed by atoms with Crippen LogP contribution < -0.4 is 0 Å². The van der Waals surface area contributed by atoms with Gasteiger partial charge in [-0.2, -0.15) is 0 Å². The summed E-state index contributed by atoms with van der Waals surface area (Å²) in [5.74, 6) is 0. The molecule has 0 heterocycles. The average molecular weight is 367 g/mol. The van der Waals surface area contributed by atoms with Crippen LogP contribution in [0.5, 0.6) is 0 Å². The molecule has 0 aromatic carbocycles. The third kappa shape index (κ3) is 11.8. The monoisotopic (exact) mass is 368 g/mol. The second-order valence-corrected chi connectivity index (χ2v) is 9.07. The Bertz CT molecular complexity index is 126. The standard InChI is InChI=1S/C6H14O3.2C4H9.Sn/c1-2-6(3-7,4-8)5-9;2*1-3-4-2;/h7-9H,2-5H2,1H3;2*1,3-4H2,2H3;. The average Bonchev–Trinajstić information content (AvgIpc) is 2.43. The minimum absolute atomic E-state index is 0.149. The first-order valence-corrected chi connectivity index (χ1v) is 11.2. The fraction of sp³-hybridized carbons (Fsp3) is 1.00. The van der Waals surface area contributed by atoms with Gasteiger partial charge in [0.25, 0.3) is 0 Å². The van der Waals surface area contributed by atoms with Crippen molar-refractivity contribution in [3.8, 4) is 0 Å². The Kier molecular flexibility index (Phi) is 18.3. The molecule has 0 fully saturated rings. The molecule has 0 saturated carbocycles. The van der Waals surface area contributed by atoms with E-state index >= 15 is 0 Å². The third-order valence-corrected chi connectivity index (χ3v) is 7.21. The second kappa shape index (κ2) is 15.7. The van der Waals surface area contributed by atoms with Gasteiger partial charge in [-0.3, -0.25) is 0 Å². The summed E-state index contributed by atoms with van der Waals surface area (Å²) in [5.41, 5.74) is -0.667. The van der Waals surface area contributed by atoms with Crippen molar-refractivity contribution >= 4 is 21.1 Å². The van der Waals surface area contributed by atoms with E-state index in [4.69, 9.17) is 15.3 Å². The molecule has 0 atom stereocenters. The van der Waals surface area contributed by atoms with Gasteiger partial charge in [-0.1, -0.05) is 6.92 Å². The van der Waals surface area contributed by atoms with E-state index in [0.717, 1.165) is 0 Å². The molecule has 0 aromatic rings. The van der Waals surface area contributed by atoms with Gasteiger partial charge in [0, 0.05) is 5.41 Å². The first kappa shape index (κ1) is 21.0. The molecule has 0 rings (SSSR count). The summed E-state index contributed by atoms with van der Waals surface area (Å²) < 4.78 is 3.25. The fourth-order valence-corrected chi connectivity index (χ4v) is 5.37. The number of aliphatic hydroxyl groups excluding tert-OH is 3. The summed E-state index contributed by atoms with van der Waals surface area (Å²) >= 11 is 0.149. The fourth-order valence-electron chi connectivity index (χ4n) is 1.21. The third-order valence-electron chi connectivity index (χ3n) is 3.17. The molecule has 4 heteroatoms. The van der Waals surface area contributed by atoms with E-state index < -0.39 is 5.41 Å². The van der Waals surface area contributed by atoms with Gasteiger partial charge in [-0.05, 0) is 6.42 Å². The quantitative estimate of drug-likeness (QED) is 0.411. The van der Waals surface area contributed by atoms with Gasteiger partial charge in [0.1, 0.15) is 0 Å². The zero-order valence-electron chi connectivity index (χ0n) is 12.4. The van der Waals surface area contributed by atoms with E-state index in [1.54, 1.807) is 8.87 Å². The zero-order chi connectivity index (χ0) is 14.3. The van der Waals surface area contributed by atoms with E-state index in [1.807, 2.05) is 6.92 Å². The molecule has 0 bridgehead atoms. The van der Waals surface area contributed by atoms with Crippen molar-refractivity contribution in [2.45, 2.75) is 61.7 Å². The Labute approximate surface area is 123 Å². The Morgan fingerprint density at radius 1 is 0.778 bits per heavy atom. The molecule has 0 aromatic heterocycles. The first-order chi connectivity index (χ1) is 8.66. The van der Waals surface area contributed by atoms with Gasteiger partial charge in [0.2, 0.25) is 0 Å². The molecule has 0 amide bonds. The Morgan fingerprint density at radius 2 is 1.17 bits per heavy atom. The summed E-state index contributed by atoms with van der Waals surface area (Å²) in [7, 11) is 0. The van der Waals surface area contributed by atoms with Gasteiger partial charge in [-0.25, -0.2) is 0 Å². The maximum absolute atomic E-state index is 8.66. The van der Waals surface area contributed by atoms with Gasteiger partial charge in [-0.15, -0.1) is 0 Å². The molecule has 0 unspecified atom stereocenters. The van der Waals surface area contributed by atoms with Crippen LogP contribution in [0.2, 0.25) is 8.87 Å². The Balaban J connectivity index is 0. The first-order valence-electron chi connectivity index (χ1n) is 7.19. The topological polar surface area (TPSA) is 60.7 Å². The van der Waals surface area contributed by atoms with E-state index in [2.05, 4.69) is 13.8 Å². The molecule has 18 heavy (non-hydrogen) atoms. The Morgan fingerprint density at radius 3 is 1.33 bits per heavy atom. The van der Waals surface area contributed by atoms with Crippen molar-refractivity contribution in [2.24, 2.45) is 5.41 Å². The Hall–Kier alpha value is 0.679. The van der Waals surface area contributed by atoms with E-state index in [0.29, 0.717) is 6.42 Å². The van der Waals surface area contributed by atoms with Crippen LogP contribution in [0.4, 0.5) is 0 Å². The van der Waals surface area contributed by atoms with Crippen molar-refractivity contribution in [2.75, 3.05) is 19.8 Å². The molecule has 3 N–H and O–H groups in total. The number of unbranched alkanes of at least 4 members (excludes halogenated alkanes) is 2. The SMILES string of the molecule is CCC(CO)(CO)CO.CCC[CH2][Sn][CH2]CCC. The molecule has 0 spiro atoms. The van der Waals surface area contributed by atoms with Crippen LogP contribution in [0.1, 0.15) is 52.9 Å². The van der Waals surface area contributed by atoms with Crippen molar-refractivity contribution in [3.05, 3.63) is 0 Å². The van der Waals surface area contributed by atoms with Gasteiger partial charge in [0.05, 0.1) is 19.8 Å². The molecule has 0 saturated heterocycles. The number of rotatable bonds is 10. The maximum atomic E-state index is 8.66. The zero-order valence-corrected chi connectivity index (χ0v) is 15.3. The van der Waals surface area contributed by atoms with Crippen LogP contribution >= 0.6 is 0 Å². The summed E-state index contributed by atoms with van der Waals surface area (Å²) in [6.45, 7) is 5.94.